The van der Waals surface area contributed by atoms with Gasteiger partial charge in [0.25, 0.3) is 0 Å². The van der Waals surface area contributed by atoms with Crippen molar-refractivity contribution in [2.45, 2.75) is 24.8 Å². The highest BCUT2D eigenvalue weighted by Crippen LogP contribution is 2.43. The molecule has 1 heterocycles. The van der Waals surface area contributed by atoms with Gasteiger partial charge in [0.1, 0.15) is 0 Å². The Morgan fingerprint density at radius 2 is 2.00 bits per heavy atom. The Bertz CT molecular complexity index is 582. The lowest BCUT2D eigenvalue weighted by molar-refractivity contribution is 0.168. The van der Waals surface area contributed by atoms with Crippen LogP contribution in [0.15, 0.2) is 29.1 Å². The van der Waals surface area contributed by atoms with Crippen molar-refractivity contribution in [2.75, 3.05) is 0 Å². The van der Waals surface area contributed by atoms with Crippen molar-refractivity contribution < 1.29 is 0 Å². The first-order valence-corrected chi connectivity index (χ1v) is 5.87. The molecule has 0 amide bonds. The SMILES string of the molecule is O=c1[nH]nnn1C1(c2ccc(Cl)cc2)CCC1. The van der Waals surface area contributed by atoms with Crippen LogP contribution >= 0.6 is 11.6 Å². The van der Waals surface area contributed by atoms with Crippen LogP contribution < -0.4 is 5.69 Å². The zero-order valence-electron chi connectivity index (χ0n) is 9.06. The van der Waals surface area contributed by atoms with Crippen LogP contribution in [-0.4, -0.2) is 20.2 Å². The minimum absolute atomic E-state index is 0.264. The van der Waals surface area contributed by atoms with Gasteiger partial charge in [-0.25, -0.2) is 9.89 Å². The zero-order chi connectivity index (χ0) is 11.9. The lowest BCUT2D eigenvalue weighted by Crippen LogP contribution is -2.47. The molecule has 0 unspecified atom stereocenters. The van der Waals surface area contributed by atoms with E-state index in [1.54, 1.807) is 0 Å². The molecule has 1 aliphatic rings. The Morgan fingerprint density at radius 3 is 2.47 bits per heavy atom. The van der Waals surface area contributed by atoms with Crippen molar-refractivity contribution in [1.82, 2.24) is 20.2 Å². The number of aromatic amines is 1. The number of hydrogen-bond donors (Lipinski definition) is 1. The Morgan fingerprint density at radius 1 is 1.29 bits per heavy atom. The highest BCUT2D eigenvalue weighted by Gasteiger charge is 2.43. The molecule has 0 radical (unpaired) electrons. The summed E-state index contributed by atoms with van der Waals surface area (Å²) in [6.45, 7) is 0. The third-order valence-corrected chi connectivity index (χ3v) is 3.69. The lowest BCUT2D eigenvalue weighted by Gasteiger charge is -2.41. The van der Waals surface area contributed by atoms with Crippen LogP contribution in [0.2, 0.25) is 5.02 Å². The number of rotatable bonds is 2. The molecule has 88 valence electrons. The Labute approximate surface area is 102 Å². The molecule has 17 heavy (non-hydrogen) atoms. The van der Waals surface area contributed by atoms with Gasteiger partial charge in [0.2, 0.25) is 0 Å². The molecule has 0 atom stereocenters. The number of H-pyrrole nitrogens is 1. The number of aromatic nitrogens is 4. The predicted octanol–water partition coefficient (Wildman–Crippen LogP) is 1.55. The van der Waals surface area contributed by atoms with E-state index in [2.05, 4.69) is 15.5 Å². The Hall–Kier alpha value is -1.62. The maximum Gasteiger partial charge on any atom is 0.361 e. The molecule has 0 saturated heterocycles. The number of halogens is 1. The number of benzene rings is 1. The molecule has 1 aromatic carbocycles. The summed E-state index contributed by atoms with van der Waals surface area (Å²) in [6.07, 6.45) is 2.89. The highest BCUT2D eigenvalue weighted by molar-refractivity contribution is 6.30. The van der Waals surface area contributed by atoms with Gasteiger partial charge in [0.15, 0.2) is 0 Å². The van der Waals surface area contributed by atoms with Gasteiger partial charge < -0.3 is 0 Å². The van der Waals surface area contributed by atoms with Crippen molar-refractivity contribution in [3.63, 3.8) is 0 Å². The number of nitrogens with one attached hydrogen (secondary N) is 1. The van der Waals surface area contributed by atoms with Crippen LogP contribution in [0.4, 0.5) is 0 Å². The van der Waals surface area contributed by atoms with E-state index < -0.39 is 0 Å². The lowest BCUT2D eigenvalue weighted by atomic mass is 9.72. The molecule has 0 spiro atoms. The molecule has 1 saturated carbocycles. The molecule has 6 heteroatoms. The van der Waals surface area contributed by atoms with Crippen LogP contribution in [-0.2, 0) is 5.54 Å². The Kier molecular flexibility index (Phi) is 2.29. The first kappa shape index (κ1) is 10.5. The average molecular weight is 251 g/mol. The molecule has 5 nitrogen and oxygen atoms in total. The van der Waals surface area contributed by atoms with E-state index >= 15 is 0 Å². The molecule has 1 aromatic heterocycles. The van der Waals surface area contributed by atoms with E-state index in [0.29, 0.717) is 5.02 Å². The summed E-state index contributed by atoms with van der Waals surface area (Å²) in [5.74, 6) is 0. The predicted molar refractivity (Wildman–Crippen MR) is 63.0 cm³/mol. The molecule has 3 rings (SSSR count). The smallest absolute Gasteiger partial charge is 0.244 e. The first-order valence-electron chi connectivity index (χ1n) is 5.49. The maximum atomic E-state index is 11.7. The third kappa shape index (κ3) is 1.50. The monoisotopic (exact) mass is 250 g/mol. The minimum Gasteiger partial charge on any atom is -0.244 e. The van der Waals surface area contributed by atoms with Gasteiger partial charge in [-0.3, -0.25) is 0 Å². The van der Waals surface area contributed by atoms with E-state index in [1.165, 1.54) is 4.68 Å². The molecular weight excluding hydrogens is 240 g/mol. The summed E-state index contributed by atoms with van der Waals surface area (Å²) >= 11 is 5.88. The minimum atomic E-state index is -0.339. The number of tetrazole rings is 1. The van der Waals surface area contributed by atoms with Gasteiger partial charge in [-0.2, -0.15) is 4.68 Å². The van der Waals surface area contributed by atoms with E-state index in [1.807, 2.05) is 24.3 Å². The highest BCUT2D eigenvalue weighted by atomic mass is 35.5. The third-order valence-electron chi connectivity index (χ3n) is 3.44. The zero-order valence-corrected chi connectivity index (χ0v) is 9.81. The molecule has 1 fully saturated rings. The van der Waals surface area contributed by atoms with Crippen LogP contribution in [0.3, 0.4) is 0 Å². The van der Waals surface area contributed by atoms with Gasteiger partial charge in [-0.15, -0.1) is 0 Å². The number of hydrogen-bond acceptors (Lipinski definition) is 3. The summed E-state index contributed by atoms with van der Waals surface area (Å²) in [5, 5.41) is 10.5. The van der Waals surface area contributed by atoms with Gasteiger partial charge >= 0.3 is 5.69 Å². The van der Waals surface area contributed by atoms with Crippen LogP contribution in [0.1, 0.15) is 24.8 Å². The summed E-state index contributed by atoms with van der Waals surface area (Å²) in [4.78, 5) is 11.7. The van der Waals surface area contributed by atoms with E-state index in [9.17, 15) is 4.79 Å². The van der Waals surface area contributed by atoms with Crippen molar-refractivity contribution >= 4 is 11.6 Å². The van der Waals surface area contributed by atoms with Crippen molar-refractivity contribution in [2.24, 2.45) is 0 Å². The number of nitrogens with zero attached hydrogens (tertiary/aromatic N) is 3. The summed E-state index contributed by atoms with van der Waals surface area (Å²) in [6, 6.07) is 7.56. The summed E-state index contributed by atoms with van der Waals surface area (Å²) in [7, 11) is 0. The summed E-state index contributed by atoms with van der Waals surface area (Å²) in [5.41, 5.74) is 0.457. The Balaban J connectivity index is 2.12. The topological polar surface area (TPSA) is 63.6 Å². The molecule has 1 aliphatic carbocycles. The first-order chi connectivity index (χ1) is 8.22. The molecule has 0 aliphatic heterocycles. The van der Waals surface area contributed by atoms with Crippen LogP contribution in [0, 0.1) is 0 Å². The standard InChI is InChI=1S/C11H11ClN4O/c12-9-4-2-8(3-5-9)11(6-1-7-11)16-10(17)13-14-15-16/h2-5H,1,6-7H2,(H,13,15,17). The van der Waals surface area contributed by atoms with E-state index in [4.69, 9.17) is 11.6 Å². The van der Waals surface area contributed by atoms with Crippen molar-refractivity contribution in [3.8, 4) is 0 Å². The van der Waals surface area contributed by atoms with Gasteiger partial charge in [-0.05, 0) is 47.4 Å². The molecule has 1 N–H and O–H groups in total. The normalized spacial score (nSPS) is 17.7. The van der Waals surface area contributed by atoms with Gasteiger partial charge in [-0.1, -0.05) is 23.7 Å². The van der Waals surface area contributed by atoms with Crippen molar-refractivity contribution in [3.05, 3.63) is 45.3 Å². The van der Waals surface area contributed by atoms with Crippen molar-refractivity contribution in [1.29, 1.82) is 0 Å². The largest absolute Gasteiger partial charge is 0.361 e. The second kappa shape index (κ2) is 3.70. The molecule has 2 aromatic rings. The van der Waals surface area contributed by atoms with Crippen LogP contribution in [0.25, 0.3) is 0 Å². The van der Waals surface area contributed by atoms with Gasteiger partial charge in [0.05, 0.1) is 5.54 Å². The van der Waals surface area contributed by atoms with Crippen LogP contribution in [0.5, 0.6) is 0 Å². The molecule has 0 bridgehead atoms. The van der Waals surface area contributed by atoms with Gasteiger partial charge in [0, 0.05) is 5.02 Å². The average Bonchev–Trinajstić information content (AvgIpc) is 2.67. The fourth-order valence-corrected chi connectivity index (χ4v) is 2.50. The fourth-order valence-electron chi connectivity index (χ4n) is 2.37. The molecular formula is C11H11ClN4O. The fraction of sp³-hybridized carbons (Fsp3) is 0.364. The summed E-state index contributed by atoms with van der Waals surface area (Å²) < 4.78 is 1.44. The second-order valence-corrected chi connectivity index (χ2v) is 4.75. The van der Waals surface area contributed by atoms with E-state index in [0.717, 1.165) is 24.8 Å². The maximum absolute atomic E-state index is 11.7. The van der Waals surface area contributed by atoms with E-state index in [-0.39, 0.29) is 11.2 Å². The second-order valence-electron chi connectivity index (χ2n) is 4.31. The quantitative estimate of drug-likeness (QED) is 0.880.